The third-order valence-electron chi connectivity index (χ3n) is 2.91. The molecule has 0 aliphatic carbocycles. The van der Waals surface area contributed by atoms with E-state index < -0.39 is 0 Å². The maximum atomic E-state index is 13.5. The molecule has 0 fully saturated rings. The zero-order valence-electron chi connectivity index (χ0n) is 9.74. The molecule has 98 valence electrons. The highest BCUT2D eigenvalue weighted by Crippen LogP contribution is 2.25. The van der Waals surface area contributed by atoms with Gasteiger partial charge < -0.3 is 8.98 Å². The van der Waals surface area contributed by atoms with E-state index in [2.05, 4.69) is 20.9 Å². The fraction of sp³-hybridized carbons (Fsp3) is 0.154. The van der Waals surface area contributed by atoms with Gasteiger partial charge >= 0.3 is 0 Å². The lowest BCUT2D eigenvalue weighted by atomic mass is 10.3. The van der Waals surface area contributed by atoms with Crippen molar-refractivity contribution in [2.24, 2.45) is 0 Å². The molecule has 0 saturated carbocycles. The molecule has 0 radical (unpaired) electrons. The molecule has 6 heteroatoms. The Hall–Kier alpha value is -1.33. The van der Waals surface area contributed by atoms with Crippen LogP contribution in [0.3, 0.4) is 0 Å². The second-order valence-corrected chi connectivity index (χ2v) is 5.26. The van der Waals surface area contributed by atoms with Crippen LogP contribution < -0.4 is 0 Å². The first-order valence-corrected chi connectivity index (χ1v) is 6.93. The van der Waals surface area contributed by atoms with Crippen LogP contribution in [0.5, 0.6) is 0 Å². The van der Waals surface area contributed by atoms with Gasteiger partial charge in [0.25, 0.3) is 0 Å². The van der Waals surface area contributed by atoms with E-state index in [-0.39, 0.29) is 11.7 Å². The van der Waals surface area contributed by atoms with Crippen molar-refractivity contribution in [1.82, 2.24) is 9.55 Å². The third kappa shape index (κ3) is 2.28. The summed E-state index contributed by atoms with van der Waals surface area (Å²) >= 11 is 9.10. The summed E-state index contributed by atoms with van der Waals surface area (Å²) in [6, 6.07) is 5.00. The number of benzene rings is 1. The molecule has 3 aromatic rings. The van der Waals surface area contributed by atoms with Crippen LogP contribution >= 0.6 is 27.5 Å². The molecular formula is C13H9BrClFN2O. The van der Waals surface area contributed by atoms with Crippen LogP contribution in [-0.2, 0) is 12.4 Å². The van der Waals surface area contributed by atoms with Gasteiger partial charge in [-0.3, -0.25) is 0 Å². The molecular weight excluding hydrogens is 335 g/mol. The second-order valence-electron chi connectivity index (χ2n) is 4.13. The van der Waals surface area contributed by atoms with E-state index in [0.717, 1.165) is 11.1 Å². The predicted molar refractivity (Wildman–Crippen MR) is 74.8 cm³/mol. The molecule has 3 rings (SSSR count). The van der Waals surface area contributed by atoms with Crippen molar-refractivity contribution in [2.75, 3.05) is 0 Å². The first-order chi connectivity index (χ1) is 9.19. The van der Waals surface area contributed by atoms with Crippen molar-refractivity contribution in [3.63, 3.8) is 0 Å². The first kappa shape index (κ1) is 12.7. The summed E-state index contributed by atoms with van der Waals surface area (Å²) in [7, 11) is 0. The normalized spacial score (nSPS) is 11.3. The molecule has 0 aliphatic heterocycles. The topological polar surface area (TPSA) is 31.0 Å². The van der Waals surface area contributed by atoms with Crippen LogP contribution in [0.2, 0.25) is 0 Å². The van der Waals surface area contributed by atoms with Gasteiger partial charge in [0.2, 0.25) is 0 Å². The molecule has 1 aromatic carbocycles. The van der Waals surface area contributed by atoms with Gasteiger partial charge in [-0.05, 0) is 28.1 Å². The molecule has 3 nitrogen and oxygen atoms in total. The fourth-order valence-corrected chi connectivity index (χ4v) is 2.55. The average molecular weight is 344 g/mol. The number of fused-ring (bicyclic) bond motifs is 1. The number of nitrogens with zero attached hydrogens (tertiary/aromatic N) is 2. The van der Waals surface area contributed by atoms with Gasteiger partial charge in [0, 0.05) is 11.6 Å². The van der Waals surface area contributed by atoms with Crippen LogP contribution in [0, 0.1) is 5.82 Å². The Kier molecular flexibility index (Phi) is 3.33. The number of alkyl halides is 1. The molecule has 0 unspecified atom stereocenters. The molecule has 2 heterocycles. The van der Waals surface area contributed by atoms with Crippen molar-refractivity contribution in [2.45, 2.75) is 12.4 Å². The van der Waals surface area contributed by atoms with Crippen molar-refractivity contribution in [3.05, 3.63) is 52.4 Å². The average Bonchev–Trinajstić information content (AvgIpc) is 3.00. The number of aromatic nitrogens is 2. The van der Waals surface area contributed by atoms with Crippen LogP contribution in [0.4, 0.5) is 4.39 Å². The van der Waals surface area contributed by atoms with E-state index in [1.165, 1.54) is 6.07 Å². The molecule has 0 atom stereocenters. The number of furan rings is 1. The Balaban J connectivity index is 2.17. The third-order valence-corrected chi connectivity index (χ3v) is 3.76. The highest BCUT2D eigenvalue weighted by molar-refractivity contribution is 9.10. The van der Waals surface area contributed by atoms with Gasteiger partial charge in [0.1, 0.15) is 11.6 Å². The van der Waals surface area contributed by atoms with Gasteiger partial charge in [0.05, 0.1) is 40.5 Å². The zero-order chi connectivity index (χ0) is 13.4. The van der Waals surface area contributed by atoms with Crippen LogP contribution in [-0.4, -0.2) is 9.55 Å². The fourth-order valence-electron chi connectivity index (χ4n) is 2.01. The summed E-state index contributed by atoms with van der Waals surface area (Å²) in [5, 5.41) is 0. The zero-order valence-corrected chi connectivity index (χ0v) is 12.1. The molecule has 19 heavy (non-hydrogen) atoms. The van der Waals surface area contributed by atoms with Crippen molar-refractivity contribution in [1.29, 1.82) is 0 Å². The Labute approximate surface area is 122 Å². The minimum atomic E-state index is -0.332. The Morgan fingerprint density at radius 1 is 1.42 bits per heavy atom. The summed E-state index contributed by atoms with van der Waals surface area (Å²) < 4.78 is 20.9. The Bertz CT molecular complexity index is 724. The molecule has 0 aliphatic rings. The van der Waals surface area contributed by atoms with Gasteiger partial charge in [-0.25, -0.2) is 9.37 Å². The first-order valence-electron chi connectivity index (χ1n) is 5.60. The molecule has 0 spiro atoms. The second kappa shape index (κ2) is 4.98. The summed E-state index contributed by atoms with van der Waals surface area (Å²) in [5.41, 5.74) is 2.44. The summed E-state index contributed by atoms with van der Waals surface area (Å²) in [4.78, 5) is 4.35. The van der Waals surface area contributed by atoms with Crippen molar-refractivity contribution < 1.29 is 8.81 Å². The Morgan fingerprint density at radius 3 is 2.95 bits per heavy atom. The van der Waals surface area contributed by atoms with E-state index in [1.54, 1.807) is 18.6 Å². The number of hydrogen-bond donors (Lipinski definition) is 0. The highest BCUT2D eigenvalue weighted by Gasteiger charge is 2.13. The summed E-state index contributed by atoms with van der Waals surface area (Å²) in [6.07, 6.45) is 3.28. The van der Waals surface area contributed by atoms with Crippen LogP contribution in [0.1, 0.15) is 11.4 Å². The van der Waals surface area contributed by atoms with Crippen molar-refractivity contribution in [3.8, 4) is 0 Å². The summed E-state index contributed by atoms with van der Waals surface area (Å²) in [5.74, 6) is 0.642. The minimum Gasteiger partial charge on any atom is -0.472 e. The molecule has 0 saturated heterocycles. The molecule has 0 N–H and O–H groups in total. The number of rotatable bonds is 3. The SMILES string of the molecule is Fc1cc2nc(CCl)n(Cc3ccoc3)c2cc1Br. The molecule has 0 bridgehead atoms. The highest BCUT2D eigenvalue weighted by atomic mass is 79.9. The minimum absolute atomic E-state index is 0.270. The van der Waals surface area contributed by atoms with Gasteiger partial charge in [-0.2, -0.15) is 0 Å². The van der Waals surface area contributed by atoms with Crippen LogP contribution in [0.15, 0.2) is 39.6 Å². The quantitative estimate of drug-likeness (QED) is 0.663. The number of imidazole rings is 1. The Morgan fingerprint density at radius 2 is 2.26 bits per heavy atom. The lowest BCUT2D eigenvalue weighted by Gasteiger charge is -2.06. The lowest BCUT2D eigenvalue weighted by Crippen LogP contribution is -2.03. The van der Waals surface area contributed by atoms with E-state index in [4.69, 9.17) is 16.0 Å². The van der Waals surface area contributed by atoms with Crippen molar-refractivity contribution >= 4 is 38.6 Å². The number of hydrogen-bond acceptors (Lipinski definition) is 2. The van der Waals surface area contributed by atoms with E-state index in [9.17, 15) is 4.39 Å². The van der Waals surface area contributed by atoms with E-state index in [0.29, 0.717) is 22.4 Å². The maximum absolute atomic E-state index is 13.5. The van der Waals surface area contributed by atoms with Crippen LogP contribution in [0.25, 0.3) is 11.0 Å². The van der Waals surface area contributed by atoms with E-state index >= 15 is 0 Å². The van der Waals surface area contributed by atoms with Gasteiger partial charge in [-0.15, -0.1) is 11.6 Å². The summed E-state index contributed by atoms with van der Waals surface area (Å²) in [6.45, 7) is 0.590. The standard InChI is InChI=1S/C13H9BrClFN2O/c14-9-3-12-11(4-10(9)16)17-13(5-15)18(12)6-8-1-2-19-7-8/h1-4,7H,5-6H2. The maximum Gasteiger partial charge on any atom is 0.139 e. The smallest absolute Gasteiger partial charge is 0.139 e. The molecule has 2 aromatic heterocycles. The predicted octanol–water partition coefficient (Wildman–Crippen LogP) is 4.32. The van der Waals surface area contributed by atoms with E-state index in [1.807, 2.05) is 10.6 Å². The lowest BCUT2D eigenvalue weighted by molar-refractivity contribution is 0.562. The van der Waals surface area contributed by atoms with Gasteiger partial charge in [0.15, 0.2) is 0 Å². The monoisotopic (exact) mass is 342 g/mol. The largest absolute Gasteiger partial charge is 0.472 e. The van der Waals surface area contributed by atoms with Gasteiger partial charge in [-0.1, -0.05) is 0 Å². The number of halogens is 3. The molecule has 0 amide bonds.